The SMILES string of the molecule is O=C(O)C1=COC=COC1. The quantitative estimate of drug-likeness (QED) is 0.578. The van der Waals surface area contributed by atoms with Gasteiger partial charge in [0, 0.05) is 0 Å². The second-order valence-corrected chi connectivity index (χ2v) is 1.67. The molecule has 0 saturated carbocycles. The molecule has 0 spiro atoms. The molecule has 0 amide bonds. The summed E-state index contributed by atoms with van der Waals surface area (Å²) in [5.74, 6) is -1.02. The topological polar surface area (TPSA) is 55.8 Å². The molecule has 0 aliphatic carbocycles. The molecule has 0 atom stereocenters. The van der Waals surface area contributed by atoms with E-state index in [4.69, 9.17) is 9.84 Å². The molecule has 0 aromatic carbocycles. The Bertz CT molecular complexity index is 192. The van der Waals surface area contributed by atoms with E-state index in [9.17, 15) is 4.79 Å². The lowest BCUT2D eigenvalue weighted by molar-refractivity contribution is -0.133. The van der Waals surface area contributed by atoms with E-state index in [1.165, 1.54) is 12.5 Å². The van der Waals surface area contributed by atoms with Crippen molar-refractivity contribution >= 4 is 5.97 Å². The van der Waals surface area contributed by atoms with E-state index in [1.54, 1.807) is 0 Å². The Balaban J connectivity index is 2.61. The van der Waals surface area contributed by atoms with Gasteiger partial charge in [0.2, 0.25) is 0 Å². The highest BCUT2D eigenvalue weighted by atomic mass is 16.5. The van der Waals surface area contributed by atoms with E-state index in [0.29, 0.717) is 0 Å². The van der Waals surface area contributed by atoms with Crippen molar-refractivity contribution < 1.29 is 19.4 Å². The molecule has 0 unspecified atom stereocenters. The van der Waals surface area contributed by atoms with E-state index in [1.807, 2.05) is 0 Å². The Morgan fingerprint density at radius 3 is 3.10 bits per heavy atom. The van der Waals surface area contributed by atoms with Crippen molar-refractivity contribution in [2.45, 2.75) is 0 Å². The summed E-state index contributed by atoms with van der Waals surface area (Å²) in [7, 11) is 0. The van der Waals surface area contributed by atoms with Gasteiger partial charge in [0.25, 0.3) is 0 Å². The van der Waals surface area contributed by atoms with Crippen molar-refractivity contribution in [3.63, 3.8) is 0 Å². The number of ether oxygens (including phenoxy) is 2. The maximum Gasteiger partial charge on any atom is 0.338 e. The fourth-order valence-corrected chi connectivity index (χ4v) is 0.477. The first-order valence-electron chi connectivity index (χ1n) is 2.65. The summed E-state index contributed by atoms with van der Waals surface area (Å²) in [5, 5.41) is 8.41. The van der Waals surface area contributed by atoms with Crippen LogP contribution < -0.4 is 0 Å². The number of carbonyl (C=O) groups is 1. The van der Waals surface area contributed by atoms with Gasteiger partial charge in [-0.25, -0.2) is 4.79 Å². The molecule has 0 fully saturated rings. The van der Waals surface area contributed by atoms with Gasteiger partial charge in [-0.2, -0.15) is 0 Å². The summed E-state index contributed by atoms with van der Waals surface area (Å²) in [4.78, 5) is 10.3. The Labute approximate surface area is 57.4 Å². The third kappa shape index (κ3) is 1.51. The average molecular weight is 142 g/mol. The molecule has 0 bridgehead atoms. The molecule has 10 heavy (non-hydrogen) atoms. The summed E-state index contributed by atoms with van der Waals surface area (Å²) >= 11 is 0. The summed E-state index contributed by atoms with van der Waals surface area (Å²) in [5.41, 5.74) is 0.102. The standard InChI is InChI=1S/C6H6O4/c7-6(8)5-3-9-1-2-10-4-5/h1-3H,4H2,(H,7,8). The molecule has 1 aliphatic rings. The molecule has 0 aromatic heterocycles. The number of carboxylic acid groups (broad SMARTS) is 1. The maximum atomic E-state index is 10.3. The van der Waals surface area contributed by atoms with Crippen molar-refractivity contribution in [1.29, 1.82) is 0 Å². The largest absolute Gasteiger partial charge is 0.493 e. The summed E-state index contributed by atoms with van der Waals surface area (Å²) in [6, 6.07) is 0. The monoisotopic (exact) mass is 142 g/mol. The number of aliphatic carboxylic acids is 1. The van der Waals surface area contributed by atoms with E-state index >= 15 is 0 Å². The molecule has 54 valence electrons. The number of carboxylic acids is 1. The molecular weight excluding hydrogens is 136 g/mol. The van der Waals surface area contributed by atoms with E-state index in [0.717, 1.165) is 6.26 Å². The summed E-state index contributed by atoms with van der Waals surface area (Å²) in [6.07, 6.45) is 3.72. The van der Waals surface area contributed by atoms with Crippen LogP contribution in [0.15, 0.2) is 24.4 Å². The normalized spacial score (nSPS) is 16.2. The highest BCUT2D eigenvalue weighted by molar-refractivity contribution is 5.86. The first-order valence-corrected chi connectivity index (χ1v) is 2.65. The lowest BCUT2D eigenvalue weighted by atomic mass is 10.3. The molecule has 4 nitrogen and oxygen atoms in total. The molecule has 1 rings (SSSR count). The zero-order valence-corrected chi connectivity index (χ0v) is 5.11. The van der Waals surface area contributed by atoms with Crippen LogP contribution in [0.2, 0.25) is 0 Å². The predicted octanol–water partition coefficient (Wildman–Crippen LogP) is 0.473. The van der Waals surface area contributed by atoms with Gasteiger partial charge in [-0.3, -0.25) is 0 Å². The third-order valence-electron chi connectivity index (χ3n) is 0.954. The van der Waals surface area contributed by atoms with Crippen LogP contribution in [-0.4, -0.2) is 17.7 Å². The van der Waals surface area contributed by atoms with E-state index in [2.05, 4.69) is 4.74 Å². The minimum absolute atomic E-state index is 0.0475. The van der Waals surface area contributed by atoms with Crippen molar-refractivity contribution in [1.82, 2.24) is 0 Å². The molecule has 1 aliphatic heterocycles. The fraction of sp³-hybridized carbons (Fsp3) is 0.167. The van der Waals surface area contributed by atoms with Crippen molar-refractivity contribution in [2.75, 3.05) is 6.61 Å². The van der Waals surface area contributed by atoms with Gasteiger partial charge >= 0.3 is 5.97 Å². The molecule has 0 radical (unpaired) electrons. The van der Waals surface area contributed by atoms with Gasteiger partial charge in [-0.1, -0.05) is 0 Å². The zero-order valence-electron chi connectivity index (χ0n) is 5.11. The van der Waals surface area contributed by atoms with Crippen molar-refractivity contribution in [3.8, 4) is 0 Å². The predicted molar refractivity (Wildman–Crippen MR) is 31.9 cm³/mol. The molecule has 0 saturated heterocycles. The van der Waals surface area contributed by atoms with Crippen LogP contribution in [0.25, 0.3) is 0 Å². The van der Waals surface area contributed by atoms with Crippen LogP contribution in [0.1, 0.15) is 0 Å². The second-order valence-electron chi connectivity index (χ2n) is 1.67. The number of hydrogen-bond donors (Lipinski definition) is 1. The molecule has 1 N–H and O–H groups in total. The third-order valence-corrected chi connectivity index (χ3v) is 0.954. The Hall–Kier alpha value is -1.45. The second kappa shape index (κ2) is 2.91. The average Bonchev–Trinajstić information content (AvgIpc) is 2.12. The number of rotatable bonds is 1. The van der Waals surface area contributed by atoms with Crippen LogP contribution >= 0.6 is 0 Å². The van der Waals surface area contributed by atoms with Crippen LogP contribution in [0, 0.1) is 0 Å². The number of hydrogen-bond acceptors (Lipinski definition) is 3. The molecule has 1 heterocycles. The fourth-order valence-electron chi connectivity index (χ4n) is 0.477. The van der Waals surface area contributed by atoms with Crippen molar-refractivity contribution in [3.05, 3.63) is 24.4 Å². The van der Waals surface area contributed by atoms with Gasteiger partial charge in [0.1, 0.15) is 31.0 Å². The molecule has 4 heteroatoms. The minimum atomic E-state index is -1.02. The summed E-state index contributed by atoms with van der Waals surface area (Å²) < 4.78 is 9.33. The van der Waals surface area contributed by atoms with Gasteiger partial charge < -0.3 is 14.6 Å². The lowest BCUT2D eigenvalue weighted by Crippen LogP contribution is -2.05. The Kier molecular flexibility index (Phi) is 1.94. The van der Waals surface area contributed by atoms with Gasteiger partial charge in [-0.15, -0.1) is 0 Å². The van der Waals surface area contributed by atoms with Crippen LogP contribution in [-0.2, 0) is 14.3 Å². The summed E-state index contributed by atoms with van der Waals surface area (Å²) in [6.45, 7) is 0.0475. The maximum absolute atomic E-state index is 10.3. The zero-order chi connectivity index (χ0) is 7.40. The van der Waals surface area contributed by atoms with Crippen LogP contribution in [0.3, 0.4) is 0 Å². The molecule has 0 aromatic rings. The Morgan fingerprint density at radius 2 is 2.40 bits per heavy atom. The van der Waals surface area contributed by atoms with Crippen LogP contribution in [0.4, 0.5) is 0 Å². The highest BCUT2D eigenvalue weighted by Crippen LogP contribution is 2.01. The lowest BCUT2D eigenvalue weighted by Gasteiger charge is -1.95. The minimum Gasteiger partial charge on any atom is -0.493 e. The smallest absolute Gasteiger partial charge is 0.338 e. The Morgan fingerprint density at radius 1 is 1.60 bits per heavy atom. The van der Waals surface area contributed by atoms with Gasteiger partial charge in [0.15, 0.2) is 0 Å². The van der Waals surface area contributed by atoms with Crippen LogP contribution in [0.5, 0.6) is 0 Å². The first-order chi connectivity index (χ1) is 4.80. The van der Waals surface area contributed by atoms with E-state index in [-0.39, 0.29) is 12.2 Å². The van der Waals surface area contributed by atoms with Gasteiger partial charge in [0.05, 0.1) is 0 Å². The first kappa shape index (κ1) is 6.67. The highest BCUT2D eigenvalue weighted by Gasteiger charge is 2.08. The molecular formula is C6H6O4. The van der Waals surface area contributed by atoms with Gasteiger partial charge in [-0.05, 0) is 0 Å². The van der Waals surface area contributed by atoms with Crippen molar-refractivity contribution in [2.24, 2.45) is 0 Å². The van der Waals surface area contributed by atoms with E-state index < -0.39 is 5.97 Å².